The summed E-state index contributed by atoms with van der Waals surface area (Å²) in [4.78, 5) is 11.4. The van der Waals surface area contributed by atoms with E-state index in [2.05, 4.69) is 17.6 Å². The van der Waals surface area contributed by atoms with Crippen LogP contribution in [0.2, 0.25) is 0 Å². The molecule has 0 radical (unpaired) electrons. The summed E-state index contributed by atoms with van der Waals surface area (Å²) in [5.74, 6) is 0.737. The van der Waals surface area contributed by atoms with Crippen LogP contribution in [0.5, 0.6) is 0 Å². The highest BCUT2D eigenvalue weighted by Gasteiger charge is 2.31. The van der Waals surface area contributed by atoms with Gasteiger partial charge in [0.15, 0.2) is 0 Å². The molecule has 0 spiro atoms. The van der Waals surface area contributed by atoms with E-state index in [4.69, 9.17) is 0 Å². The molecule has 100 valence electrons. The molecule has 5 nitrogen and oxygen atoms in total. The van der Waals surface area contributed by atoms with Gasteiger partial charge >= 0.3 is 0 Å². The first kappa shape index (κ1) is 14.8. The molecule has 0 bridgehead atoms. The predicted molar refractivity (Wildman–Crippen MR) is 68.5 cm³/mol. The molecule has 1 saturated heterocycles. The van der Waals surface area contributed by atoms with E-state index in [9.17, 15) is 15.0 Å². The maximum absolute atomic E-state index is 11.4. The molecule has 6 heteroatoms. The first-order valence-corrected chi connectivity index (χ1v) is 7.19. The second kappa shape index (κ2) is 7.92. The van der Waals surface area contributed by atoms with Gasteiger partial charge in [-0.05, 0) is 6.42 Å². The molecule has 0 aliphatic carbocycles. The van der Waals surface area contributed by atoms with Crippen molar-refractivity contribution in [1.29, 1.82) is 0 Å². The number of aliphatic hydroxyl groups is 2. The van der Waals surface area contributed by atoms with Gasteiger partial charge in [-0.25, -0.2) is 0 Å². The predicted octanol–water partition coefficient (Wildman–Crippen LogP) is 0.0247. The summed E-state index contributed by atoms with van der Waals surface area (Å²) in [7, 11) is 0. The smallest absolute Gasteiger partial charge is 0.220 e. The summed E-state index contributed by atoms with van der Waals surface area (Å²) in [6.07, 6.45) is 1.79. The van der Waals surface area contributed by atoms with Gasteiger partial charge in [0.2, 0.25) is 5.91 Å². The molecular weight excluding hydrogens is 240 g/mol. The van der Waals surface area contributed by atoms with Crippen molar-refractivity contribution in [3.8, 4) is 0 Å². The second-order valence-electron chi connectivity index (χ2n) is 4.23. The Kier molecular flexibility index (Phi) is 6.87. The third kappa shape index (κ3) is 5.72. The van der Waals surface area contributed by atoms with Crippen LogP contribution in [0.1, 0.15) is 32.6 Å². The van der Waals surface area contributed by atoms with Crippen molar-refractivity contribution in [3.05, 3.63) is 0 Å². The Labute approximate surface area is 106 Å². The zero-order valence-electron chi connectivity index (χ0n) is 10.2. The third-order valence-electron chi connectivity index (χ3n) is 2.68. The van der Waals surface area contributed by atoms with Crippen molar-refractivity contribution < 1.29 is 15.0 Å². The van der Waals surface area contributed by atoms with Crippen LogP contribution in [0.15, 0.2) is 0 Å². The lowest BCUT2D eigenvalue weighted by Crippen LogP contribution is -2.32. The molecule has 17 heavy (non-hydrogen) atoms. The normalized spacial score (nSPS) is 28.3. The van der Waals surface area contributed by atoms with Crippen molar-refractivity contribution in [2.75, 3.05) is 12.3 Å². The van der Waals surface area contributed by atoms with Crippen LogP contribution in [0.4, 0.5) is 0 Å². The van der Waals surface area contributed by atoms with Crippen LogP contribution >= 0.6 is 11.8 Å². The summed E-state index contributed by atoms with van der Waals surface area (Å²) in [6, 6.07) is 0. The Morgan fingerprint density at radius 1 is 1.53 bits per heavy atom. The number of carbonyl (C=O) groups is 1. The minimum absolute atomic E-state index is 0.0200. The minimum atomic E-state index is -0.668. The van der Waals surface area contributed by atoms with E-state index in [1.54, 1.807) is 0 Å². The molecule has 0 aromatic carbocycles. The van der Waals surface area contributed by atoms with Gasteiger partial charge in [0.1, 0.15) is 12.5 Å². The van der Waals surface area contributed by atoms with E-state index >= 15 is 0 Å². The average Bonchev–Trinajstić information content (AvgIpc) is 2.58. The molecule has 1 aliphatic rings. The Hall–Kier alpha value is -0.300. The standard InChI is InChI=1S/C11H22N2O3S/c1-2-3-5-12-9(14)4-6-17-8-7-10(15)13-11(8)16/h8,10-11,13,15-16H,2-7H2,1H3,(H,12,14). The molecule has 3 unspecified atom stereocenters. The van der Waals surface area contributed by atoms with E-state index in [-0.39, 0.29) is 11.2 Å². The Morgan fingerprint density at radius 2 is 2.29 bits per heavy atom. The summed E-state index contributed by atoms with van der Waals surface area (Å²) >= 11 is 1.53. The number of nitrogens with one attached hydrogen (secondary N) is 2. The van der Waals surface area contributed by atoms with Gasteiger partial charge in [-0.1, -0.05) is 13.3 Å². The number of unbranched alkanes of at least 4 members (excludes halogenated alkanes) is 1. The van der Waals surface area contributed by atoms with Crippen molar-refractivity contribution in [2.24, 2.45) is 0 Å². The third-order valence-corrected chi connectivity index (χ3v) is 4.00. The van der Waals surface area contributed by atoms with Gasteiger partial charge < -0.3 is 15.5 Å². The Bertz CT molecular complexity index is 241. The van der Waals surface area contributed by atoms with Crippen molar-refractivity contribution >= 4 is 17.7 Å². The van der Waals surface area contributed by atoms with E-state index in [0.29, 0.717) is 18.6 Å². The number of rotatable bonds is 7. The highest BCUT2D eigenvalue weighted by molar-refractivity contribution is 7.99. The molecule has 0 aromatic rings. The molecule has 0 aromatic heterocycles. The monoisotopic (exact) mass is 262 g/mol. The summed E-state index contributed by atoms with van der Waals surface area (Å²) in [6.45, 7) is 2.83. The highest BCUT2D eigenvalue weighted by atomic mass is 32.2. The molecule has 4 N–H and O–H groups in total. The van der Waals surface area contributed by atoms with Gasteiger partial charge in [-0.3, -0.25) is 10.1 Å². The van der Waals surface area contributed by atoms with Crippen LogP contribution in [-0.4, -0.2) is 46.1 Å². The fraction of sp³-hybridized carbons (Fsp3) is 0.909. The van der Waals surface area contributed by atoms with E-state index in [0.717, 1.165) is 19.4 Å². The van der Waals surface area contributed by atoms with Gasteiger partial charge in [-0.2, -0.15) is 11.8 Å². The summed E-state index contributed by atoms with van der Waals surface area (Å²) in [5, 5.41) is 24.2. The topological polar surface area (TPSA) is 81.6 Å². The molecule has 1 aliphatic heterocycles. The lowest BCUT2D eigenvalue weighted by atomic mass is 10.3. The van der Waals surface area contributed by atoms with Crippen LogP contribution in [0.3, 0.4) is 0 Å². The first-order valence-electron chi connectivity index (χ1n) is 6.14. The van der Waals surface area contributed by atoms with E-state index in [1.165, 1.54) is 11.8 Å². The van der Waals surface area contributed by atoms with Gasteiger partial charge in [0.25, 0.3) is 0 Å². The minimum Gasteiger partial charge on any atom is -0.378 e. The van der Waals surface area contributed by atoms with Crippen LogP contribution in [-0.2, 0) is 4.79 Å². The second-order valence-corrected chi connectivity index (χ2v) is 5.57. The summed E-state index contributed by atoms with van der Waals surface area (Å²) < 4.78 is 0. The lowest BCUT2D eigenvalue weighted by molar-refractivity contribution is -0.120. The lowest BCUT2D eigenvalue weighted by Gasteiger charge is -2.12. The number of aliphatic hydroxyl groups excluding tert-OH is 2. The zero-order valence-corrected chi connectivity index (χ0v) is 11.0. The van der Waals surface area contributed by atoms with Crippen LogP contribution in [0.25, 0.3) is 0 Å². The fourth-order valence-electron chi connectivity index (χ4n) is 1.68. The molecule has 1 heterocycles. The Morgan fingerprint density at radius 3 is 2.88 bits per heavy atom. The number of thioether (sulfide) groups is 1. The number of amides is 1. The van der Waals surface area contributed by atoms with Crippen LogP contribution < -0.4 is 10.6 Å². The largest absolute Gasteiger partial charge is 0.378 e. The van der Waals surface area contributed by atoms with Crippen molar-refractivity contribution in [2.45, 2.75) is 50.3 Å². The molecule has 0 saturated carbocycles. The number of hydrogen-bond donors (Lipinski definition) is 4. The fourth-order valence-corrected chi connectivity index (χ4v) is 2.86. The maximum Gasteiger partial charge on any atom is 0.220 e. The molecule has 1 fully saturated rings. The molecular formula is C11H22N2O3S. The van der Waals surface area contributed by atoms with Crippen LogP contribution in [0, 0.1) is 0 Å². The van der Waals surface area contributed by atoms with Gasteiger partial charge in [0.05, 0.1) is 0 Å². The maximum atomic E-state index is 11.4. The molecule has 1 rings (SSSR count). The highest BCUT2D eigenvalue weighted by Crippen LogP contribution is 2.24. The zero-order chi connectivity index (χ0) is 12.7. The SMILES string of the molecule is CCCCNC(=O)CCSC1CC(O)NC1O. The summed E-state index contributed by atoms with van der Waals surface area (Å²) in [5.41, 5.74) is 0. The van der Waals surface area contributed by atoms with E-state index < -0.39 is 12.5 Å². The molecule has 1 amide bonds. The quantitative estimate of drug-likeness (QED) is 0.487. The number of carbonyl (C=O) groups excluding carboxylic acids is 1. The van der Waals surface area contributed by atoms with Gasteiger partial charge in [-0.15, -0.1) is 0 Å². The number of hydrogen-bond acceptors (Lipinski definition) is 5. The van der Waals surface area contributed by atoms with Gasteiger partial charge in [0, 0.05) is 30.4 Å². The first-order chi connectivity index (χ1) is 8.13. The molecule has 3 atom stereocenters. The van der Waals surface area contributed by atoms with Crippen molar-refractivity contribution in [1.82, 2.24) is 10.6 Å². The Balaban J connectivity index is 2.05. The average molecular weight is 262 g/mol. The van der Waals surface area contributed by atoms with E-state index in [1.807, 2.05) is 0 Å². The van der Waals surface area contributed by atoms with Crippen molar-refractivity contribution in [3.63, 3.8) is 0 Å².